The van der Waals surface area contributed by atoms with Crippen molar-refractivity contribution in [3.8, 4) is 0 Å². The summed E-state index contributed by atoms with van der Waals surface area (Å²) >= 11 is 3.59. The van der Waals surface area contributed by atoms with Crippen molar-refractivity contribution in [2.75, 3.05) is 5.33 Å². The molecule has 1 heterocycles. The van der Waals surface area contributed by atoms with E-state index in [4.69, 9.17) is 0 Å². The molecule has 1 aromatic heterocycles. The van der Waals surface area contributed by atoms with E-state index in [1.54, 1.807) is 0 Å². The summed E-state index contributed by atoms with van der Waals surface area (Å²) in [4.78, 5) is 0. The van der Waals surface area contributed by atoms with Gasteiger partial charge in [0.2, 0.25) is 0 Å². The van der Waals surface area contributed by atoms with E-state index in [0.717, 1.165) is 18.3 Å². The van der Waals surface area contributed by atoms with Gasteiger partial charge in [-0.25, -0.2) is 0 Å². The fourth-order valence-corrected chi connectivity index (χ4v) is 2.02. The first-order chi connectivity index (χ1) is 6.63. The maximum Gasteiger partial charge on any atom is 0.0521 e. The summed E-state index contributed by atoms with van der Waals surface area (Å²) in [5.74, 6) is 0. The molecule has 0 aliphatic carbocycles. The Morgan fingerprint density at radius 1 is 1.50 bits per heavy atom. The normalized spacial score (nSPS) is 15.4. The van der Waals surface area contributed by atoms with Crippen molar-refractivity contribution in [1.29, 1.82) is 0 Å². The zero-order chi connectivity index (χ0) is 10.6. The summed E-state index contributed by atoms with van der Waals surface area (Å²) < 4.78 is 1.99. The lowest BCUT2D eigenvalue weighted by Gasteiger charge is -2.24. The molecule has 0 fully saturated rings. The van der Waals surface area contributed by atoms with Crippen molar-refractivity contribution in [2.45, 2.75) is 40.2 Å². The van der Waals surface area contributed by atoms with Gasteiger partial charge in [0.25, 0.3) is 0 Å². The Morgan fingerprint density at radius 3 is 2.64 bits per heavy atom. The molecule has 0 bridgehead atoms. The number of halogens is 1. The molecule has 0 spiro atoms. The first-order valence-electron chi connectivity index (χ1n) is 5.21. The van der Waals surface area contributed by atoms with Gasteiger partial charge in [0, 0.05) is 18.1 Å². The Bertz CT molecular complexity index is 277. The van der Waals surface area contributed by atoms with Crippen LogP contribution in [0.4, 0.5) is 0 Å². The lowest BCUT2D eigenvalue weighted by Crippen LogP contribution is -2.19. The summed E-state index contributed by atoms with van der Waals surface area (Å²) in [6.45, 7) is 7.62. The molecular formula is C11H19BrN2. The van der Waals surface area contributed by atoms with Crippen molar-refractivity contribution in [1.82, 2.24) is 9.78 Å². The minimum absolute atomic E-state index is 0.363. The Labute approximate surface area is 94.8 Å². The quantitative estimate of drug-likeness (QED) is 0.742. The zero-order valence-electron chi connectivity index (χ0n) is 9.26. The largest absolute Gasteiger partial charge is 0.273 e. The van der Waals surface area contributed by atoms with Gasteiger partial charge in [0.15, 0.2) is 0 Å². The first-order valence-corrected chi connectivity index (χ1v) is 6.33. The zero-order valence-corrected chi connectivity index (χ0v) is 10.8. The lowest BCUT2D eigenvalue weighted by molar-refractivity contribution is 0.361. The Morgan fingerprint density at radius 2 is 2.21 bits per heavy atom. The van der Waals surface area contributed by atoms with E-state index in [1.807, 2.05) is 10.9 Å². The second-order valence-corrected chi connectivity index (χ2v) is 4.74. The highest BCUT2D eigenvalue weighted by Gasteiger charge is 2.21. The van der Waals surface area contributed by atoms with Crippen LogP contribution in [-0.2, 0) is 13.0 Å². The predicted molar refractivity (Wildman–Crippen MR) is 63.8 cm³/mol. The summed E-state index contributed by atoms with van der Waals surface area (Å²) in [6, 6.07) is 0. The maximum atomic E-state index is 4.29. The third-order valence-electron chi connectivity index (χ3n) is 2.82. The molecule has 0 aliphatic rings. The fraction of sp³-hybridized carbons (Fsp3) is 0.727. The Kier molecular flexibility index (Phi) is 4.17. The highest BCUT2D eigenvalue weighted by molar-refractivity contribution is 9.09. The molecule has 14 heavy (non-hydrogen) atoms. The van der Waals surface area contributed by atoms with Crippen molar-refractivity contribution in [3.05, 3.63) is 18.0 Å². The van der Waals surface area contributed by atoms with Crippen molar-refractivity contribution in [2.24, 2.45) is 5.41 Å². The van der Waals surface area contributed by atoms with Gasteiger partial charge >= 0.3 is 0 Å². The predicted octanol–water partition coefficient (Wildman–Crippen LogP) is 3.26. The number of hydrogen-bond donors (Lipinski definition) is 0. The summed E-state index contributed by atoms with van der Waals surface area (Å²) in [5.41, 5.74) is 1.71. The molecule has 0 aromatic carbocycles. The topological polar surface area (TPSA) is 17.8 Å². The molecule has 0 saturated heterocycles. The van der Waals surface area contributed by atoms with Gasteiger partial charge < -0.3 is 0 Å². The van der Waals surface area contributed by atoms with Crippen LogP contribution in [0.25, 0.3) is 0 Å². The van der Waals surface area contributed by atoms with Gasteiger partial charge in [0.1, 0.15) is 0 Å². The Balaban J connectivity index is 2.67. The van der Waals surface area contributed by atoms with Crippen LogP contribution in [0.2, 0.25) is 0 Å². The van der Waals surface area contributed by atoms with Crippen molar-refractivity contribution >= 4 is 15.9 Å². The van der Waals surface area contributed by atoms with Crippen molar-refractivity contribution in [3.63, 3.8) is 0 Å². The number of alkyl halides is 1. The van der Waals surface area contributed by atoms with Gasteiger partial charge in [-0.15, -0.1) is 0 Å². The average molecular weight is 259 g/mol. The van der Waals surface area contributed by atoms with Gasteiger partial charge in [0.05, 0.1) is 6.20 Å². The van der Waals surface area contributed by atoms with Gasteiger partial charge in [-0.05, 0) is 30.7 Å². The molecule has 2 nitrogen and oxygen atoms in total. The summed E-state index contributed by atoms with van der Waals surface area (Å²) in [6.07, 6.45) is 6.43. The second kappa shape index (κ2) is 4.96. The Hall–Kier alpha value is -0.310. The van der Waals surface area contributed by atoms with E-state index in [1.165, 1.54) is 12.0 Å². The third-order valence-corrected chi connectivity index (χ3v) is 4.17. The van der Waals surface area contributed by atoms with Gasteiger partial charge in [-0.3, -0.25) is 4.68 Å². The molecule has 0 radical (unpaired) electrons. The SMILES string of the molecule is CCn1cc(CC(C)(CC)CBr)cn1. The summed E-state index contributed by atoms with van der Waals surface area (Å²) in [5, 5.41) is 5.34. The molecule has 1 rings (SSSR count). The maximum absolute atomic E-state index is 4.29. The molecule has 1 aromatic rings. The van der Waals surface area contributed by atoms with Gasteiger partial charge in [-0.1, -0.05) is 29.8 Å². The number of rotatable bonds is 5. The first kappa shape index (κ1) is 11.8. The highest BCUT2D eigenvalue weighted by Crippen LogP contribution is 2.28. The van der Waals surface area contributed by atoms with Crippen LogP contribution in [0.15, 0.2) is 12.4 Å². The van der Waals surface area contributed by atoms with Crippen LogP contribution in [-0.4, -0.2) is 15.1 Å². The molecular weight excluding hydrogens is 240 g/mol. The lowest BCUT2D eigenvalue weighted by atomic mass is 9.84. The smallest absolute Gasteiger partial charge is 0.0521 e. The average Bonchev–Trinajstić information content (AvgIpc) is 2.65. The summed E-state index contributed by atoms with van der Waals surface area (Å²) in [7, 11) is 0. The number of aromatic nitrogens is 2. The van der Waals surface area contributed by atoms with Gasteiger partial charge in [-0.2, -0.15) is 5.10 Å². The molecule has 3 heteroatoms. The van der Waals surface area contributed by atoms with E-state index < -0.39 is 0 Å². The standard InChI is InChI=1S/C11H19BrN2/c1-4-11(3,9-12)6-10-7-13-14(5-2)8-10/h7-8H,4-6,9H2,1-3H3. The van der Waals surface area contributed by atoms with E-state index in [-0.39, 0.29) is 0 Å². The number of hydrogen-bond acceptors (Lipinski definition) is 1. The molecule has 0 N–H and O–H groups in total. The number of aryl methyl sites for hydroxylation is 1. The van der Waals surface area contributed by atoms with Crippen molar-refractivity contribution < 1.29 is 0 Å². The molecule has 0 amide bonds. The molecule has 80 valence electrons. The van der Waals surface area contributed by atoms with Crippen LogP contribution < -0.4 is 0 Å². The third kappa shape index (κ3) is 2.84. The fourth-order valence-electron chi connectivity index (χ4n) is 1.43. The van der Waals surface area contributed by atoms with Crippen LogP contribution in [0, 0.1) is 5.41 Å². The van der Waals surface area contributed by atoms with E-state index >= 15 is 0 Å². The van der Waals surface area contributed by atoms with E-state index in [2.05, 4.69) is 48.0 Å². The second-order valence-electron chi connectivity index (χ2n) is 4.18. The molecule has 1 atom stereocenters. The highest BCUT2D eigenvalue weighted by atomic mass is 79.9. The van der Waals surface area contributed by atoms with Crippen LogP contribution in [0.5, 0.6) is 0 Å². The van der Waals surface area contributed by atoms with Crippen LogP contribution in [0.1, 0.15) is 32.8 Å². The molecule has 0 aliphatic heterocycles. The number of nitrogens with zero attached hydrogens (tertiary/aromatic N) is 2. The van der Waals surface area contributed by atoms with E-state index in [0.29, 0.717) is 5.41 Å². The van der Waals surface area contributed by atoms with E-state index in [9.17, 15) is 0 Å². The monoisotopic (exact) mass is 258 g/mol. The van der Waals surface area contributed by atoms with Crippen LogP contribution >= 0.6 is 15.9 Å². The minimum atomic E-state index is 0.363. The van der Waals surface area contributed by atoms with Crippen LogP contribution in [0.3, 0.4) is 0 Å². The minimum Gasteiger partial charge on any atom is -0.273 e. The molecule has 0 saturated carbocycles. The molecule has 1 unspecified atom stereocenters.